The Labute approximate surface area is 200 Å². The average molecular weight is 481 g/mol. The second-order valence-electron chi connectivity index (χ2n) is 7.73. The molecule has 8 heteroatoms. The van der Waals surface area contributed by atoms with E-state index in [9.17, 15) is 18.0 Å². The molecule has 0 aliphatic rings. The van der Waals surface area contributed by atoms with Gasteiger partial charge in [-0.05, 0) is 48.7 Å². The first-order valence-electron chi connectivity index (χ1n) is 10.9. The van der Waals surface area contributed by atoms with Crippen molar-refractivity contribution in [2.45, 2.75) is 30.2 Å². The van der Waals surface area contributed by atoms with Crippen LogP contribution in [0.2, 0.25) is 0 Å². The predicted molar refractivity (Wildman–Crippen MR) is 129 cm³/mol. The maximum atomic E-state index is 12.5. The number of benzene rings is 3. The lowest BCUT2D eigenvalue weighted by Crippen LogP contribution is -2.33. The van der Waals surface area contributed by atoms with Crippen molar-refractivity contribution in [3.63, 3.8) is 0 Å². The number of ether oxygens (including phenoxy) is 1. The minimum absolute atomic E-state index is 0.0809. The Kier molecular flexibility index (Phi) is 8.95. The lowest BCUT2D eigenvalue weighted by Gasteiger charge is -2.19. The lowest BCUT2D eigenvalue weighted by molar-refractivity contribution is -0.148. The Hall–Kier alpha value is -3.49. The molecule has 3 rings (SSSR count). The molecule has 178 valence electrons. The topological polar surface area (TPSA) is 102 Å². The smallest absolute Gasteiger partial charge is 0.306 e. The Morgan fingerprint density at radius 3 is 2.09 bits per heavy atom. The third-order valence-electron chi connectivity index (χ3n) is 5.30. The van der Waals surface area contributed by atoms with E-state index in [4.69, 9.17) is 4.74 Å². The van der Waals surface area contributed by atoms with E-state index >= 15 is 0 Å². The zero-order chi connectivity index (χ0) is 24.4. The molecular formula is C26H28N2O5S. The van der Waals surface area contributed by atoms with Gasteiger partial charge in [0.2, 0.25) is 10.0 Å². The molecule has 1 atom stereocenters. The molecule has 7 nitrogen and oxygen atoms in total. The minimum atomic E-state index is -3.50. The standard InChI is InChI=1S/C26H28N2O5S/c1-27-34(31,32)23-15-12-20(13-16-23)14-17-26(30)33-19-25(29)28-24(22-10-6-3-7-11-22)18-21-8-4-2-5-9-21/h2-13,15-16,24,27H,14,17-19H2,1H3,(H,28,29). The van der Waals surface area contributed by atoms with Crippen LogP contribution in [0, 0.1) is 0 Å². The van der Waals surface area contributed by atoms with Crippen LogP contribution in [-0.4, -0.2) is 33.9 Å². The maximum absolute atomic E-state index is 12.5. The van der Waals surface area contributed by atoms with Gasteiger partial charge in [0.25, 0.3) is 5.91 Å². The third-order valence-corrected chi connectivity index (χ3v) is 6.73. The van der Waals surface area contributed by atoms with Crippen LogP contribution < -0.4 is 10.0 Å². The van der Waals surface area contributed by atoms with Crippen molar-refractivity contribution < 1.29 is 22.7 Å². The van der Waals surface area contributed by atoms with E-state index in [2.05, 4.69) is 10.0 Å². The van der Waals surface area contributed by atoms with Gasteiger partial charge in [0.15, 0.2) is 6.61 Å². The Bertz CT molecular complexity index is 1180. The number of nitrogens with one attached hydrogen (secondary N) is 2. The van der Waals surface area contributed by atoms with Crippen molar-refractivity contribution in [2.24, 2.45) is 0 Å². The number of rotatable bonds is 11. The second kappa shape index (κ2) is 12.1. The Morgan fingerprint density at radius 2 is 1.47 bits per heavy atom. The largest absolute Gasteiger partial charge is 0.456 e. The van der Waals surface area contributed by atoms with Crippen molar-refractivity contribution in [3.8, 4) is 0 Å². The van der Waals surface area contributed by atoms with Crippen LogP contribution in [-0.2, 0) is 37.2 Å². The number of esters is 1. The van der Waals surface area contributed by atoms with E-state index in [1.54, 1.807) is 12.1 Å². The van der Waals surface area contributed by atoms with Gasteiger partial charge in [0.1, 0.15) is 0 Å². The summed E-state index contributed by atoms with van der Waals surface area (Å²) in [7, 11) is -2.15. The first kappa shape index (κ1) is 25.1. The number of carbonyl (C=O) groups excluding carboxylic acids is 2. The number of amides is 1. The highest BCUT2D eigenvalue weighted by molar-refractivity contribution is 7.89. The summed E-state index contributed by atoms with van der Waals surface area (Å²) in [4.78, 5) is 24.8. The molecule has 0 aliphatic heterocycles. The normalized spacial score (nSPS) is 12.0. The monoisotopic (exact) mass is 480 g/mol. The molecule has 1 amide bonds. The van der Waals surface area contributed by atoms with Gasteiger partial charge in [-0.2, -0.15) is 0 Å². The SMILES string of the molecule is CNS(=O)(=O)c1ccc(CCC(=O)OCC(=O)NC(Cc2ccccc2)c2ccccc2)cc1. The van der Waals surface area contributed by atoms with Gasteiger partial charge in [-0.15, -0.1) is 0 Å². The van der Waals surface area contributed by atoms with E-state index < -0.39 is 16.0 Å². The third kappa shape index (κ3) is 7.54. The summed E-state index contributed by atoms with van der Waals surface area (Å²) in [5, 5.41) is 2.96. The van der Waals surface area contributed by atoms with Gasteiger partial charge >= 0.3 is 5.97 Å². The van der Waals surface area contributed by atoms with Crippen LogP contribution in [0.5, 0.6) is 0 Å². The van der Waals surface area contributed by atoms with Crippen molar-refractivity contribution in [1.29, 1.82) is 0 Å². The molecule has 3 aromatic rings. The summed E-state index contributed by atoms with van der Waals surface area (Å²) in [6, 6.07) is 25.5. The summed E-state index contributed by atoms with van der Waals surface area (Å²) in [6.07, 6.45) is 1.07. The molecule has 0 saturated heterocycles. The van der Waals surface area contributed by atoms with Crippen LogP contribution in [0.4, 0.5) is 0 Å². The fraction of sp³-hybridized carbons (Fsp3) is 0.231. The van der Waals surface area contributed by atoms with Gasteiger partial charge in [-0.3, -0.25) is 9.59 Å². The fourth-order valence-electron chi connectivity index (χ4n) is 3.44. The molecular weight excluding hydrogens is 452 g/mol. The summed E-state index contributed by atoms with van der Waals surface area (Å²) in [5.41, 5.74) is 2.85. The molecule has 0 saturated carbocycles. The number of hydrogen-bond acceptors (Lipinski definition) is 5. The molecule has 0 bridgehead atoms. The van der Waals surface area contributed by atoms with Crippen LogP contribution >= 0.6 is 0 Å². The number of carbonyl (C=O) groups is 2. The number of hydrogen-bond donors (Lipinski definition) is 2. The van der Waals surface area contributed by atoms with Gasteiger partial charge < -0.3 is 10.1 Å². The van der Waals surface area contributed by atoms with Crippen molar-refractivity contribution in [1.82, 2.24) is 10.0 Å². The number of aryl methyl sites for hydroxylation is 1. The van der Waals surface area contributed by atoms with Crippen LogP contribution in [0.3, 0.4) is 0 Å². The molecule has 0 heterocycles. The van der Waals surface area contributed by atoms with Crippen molar-refractivity contribution in [3.05, 3.63) is 102 Å². The van der Waals surface area contributed by atoms with E-state index in [-0.39, 0.29) is 29.9 Å². The van der Waals surface area contributed by atoms with E-state index in [0.29, 0.717) is 12.8 Å². The van der Waals surface area contributed by atoms with E-state index in [1.807, 2.05) is 60.7 Å². The molecule has 2 N–H and O–H groups in total. The van der Waals surface area contributed by atoms with Gasteiger partial charge in [-0.25, -0.2) is 13.1 Å². The molecule has 34 heavy (non-hydrogen) atoms. The highest BCUT2D eigenvalue weighted by atomic mass is 32.2. The molecule has 1 unspecified atom stereocenters. The van der Waals surface area contributed by atoms with Crippen molar-refractivity contribution >= 4 is 21.9 Å². The molecule has 0 fully saturated rings. The van der Waals surface area contributed by atoms with Crippen LogP contribution in [0.25, 0.3) is 0 Å². The van der Waals surface area contributed by atoms with Crippen LogP contribution in [0.15, 0.2) is 89.8 Å². The maximum Gasteiger partial charge on any atom is 0.306 e. The first-order chi connectivity index (χ1) is 16.4. The lowest BCUT2D eigenvalue weighted by atomic mass is 9.99. The molecule has 0 aromatic heterocycles. The zero-order valence-electron chi connectivity index (χ0n) is 18.9. The summed E-state index contributed by atoms with van der Waals surface area (Å²) in [5.74, 6) is -0.874. The first-order valence-corrected chi connectivity index (χ1v) is 12.4. The molecule has 0 aliphatic carbocycles. The van der Waals surface area contributed by atoms with Crippen molar-refractivity contribution in [2.75, 3.05) is 13.7 Å². The minimum Gasteiger partial charge on any atom is -0.456 e. The Balaban J connectivity index is 1.50. The Morgan fingerprint density at radius 1 is 0.853 bits per heavy atom. The van der Waals surface area contributed by atoms with Gasteiger partial charge in [-0.1, -0.05) is 72.8 Å². The van der Waals surface area contributed by atoms with Gasteiger partial charge in [0.05, 0.1) is 10.9 Å². The highest BCUT2D eigenvalue weighted by Crippen LogP contribution is 2.18. The highest BCUT2D eigenvalue weighted by Gasteiger charge is 2.17. The van der Waals surface area contributed by atoms with Gasteiger partial charge in [0, 0.05) is 6.42 Å². The molecule has 0 radical (unpaired) electrons. The molecule has 3 aromatic carbocycles. The van der Waals surface area contributed by atoms with Crippen LogP contribution in [0.1, 0.15) is 29.2 Å². The van der Waals surface area contributed by atoms with E-state index in [0.717, 1.165) is 16.7 Å². The predicted octanol–water partition coefficient (Wildman–Crippen LogP) is 3.17. The second-order valence-corrected chi connectivity index (χ2v) is 9.62. The average Bonchev–Trinajstić information content (AvgIpc) is 2.87. The quantitative estimate of drug-likeness (QED) is 0.411. The summed E-state index contributed by atoms with van der Waals surface area (Å²) in [6.45, 7) is -0.365. The number of sulfonamides is 1. The fourth-order valence-corrected chi connectivity index (χ4v) is 4.17. The summed E-state index contributed by atoms with van der Waals surface area (Å²) >= 11 is 0. The zero-order valence-corrected chi connectivity index (χ0v) is 19.8. The molecule has 0 spiro atoms. The van der Waals surface area contributed by atoms with E-state index in [1.165, 1.54) is 19.2 Å². The summed E-state index contributed by atoms with van der Waals surface area (Å²) < 4.78 is 31.0.